The summed E-state index contributed by atoms with van der Waals surface area (Å²) in [6.07, 6.45) is 0. The summed E-state index contributed by atoms with van der Waals surface area (Å²) >= 11 is 0. The van der Waals surface area contributed by atoms with Crippen molar-refractivity contribution in [2.75, 3.05) is 5.73 Å². The molecule has 37 heavy (non-hydrogen) atoms. The summed E-state index contributed by atoms with van der Waals surface area (Å²) < 4.78 is 34.1. The summed E-state index contributed by atoms with van der Waals surface area (Å²) in [6.45, 7) is 0. The van der Waals surface area contributed by atoms with Crippen molar-refractivity contribution in [3.8, 4) is 5.75 Å². The predicted octanol–water partition coefficient (Wildman–Crippen LogP) is 4.02. The van der Waals surface area contributed by atoms with Crippen LogP contribution in [0.2, 0.25) is 0 Å². The standard InChI is InChI=1S/C26H19N5O4S.Na/c27-17-6-8-18(9-7-17)28-29-23-12-13-24(22-4-2-1-3-21(22)23)30-31-26-20-11-10-19(36(33,34)35)15-16(20)5-14-25(26)32;/h1-15,32H,27H2,(H,33,34,35);/q;+1/p-1. The fourth-order valence-electron chi connectivity index (χ4n) is 3.74. The number of nitrogens with zero attached hydrogens (tertiary/aromatic N) is 4. The molecule has 0 saturated heterocycles. The molecule has 5 aromatic rings. The topological polar surface area (TPSA) is 153 Å². The maximum Gasteiger partial charge on any atom is 1.00 e. The van der Waals surface area contributed by atoms with Gasteiger partial charge in [-0.05, 0) is 60.0 Å². The molecule has 0 aliphatic rings. The van der Waals surface area contributed by atoms with E-state index >= 15 is 0 Å². The first-order chi connectivity index (χ1) is 17.3. The van der Waals surface area contributed by atoms with Gasteiger partial charge >= 0.3 is 29.6 Å². The number of phenols is 1. The van der Waals surface area contributed by atoms with Gasteiger partial charge < -0.3 is 15.4 Å². The van der Waals surface area contributed by atoms with Crippen LogP contribution in [0.5, 0.6) is 5.75 Å². The number of aromatic hydroxyl groups is 1. The summed E-state index contributed by atoms with van der Waals surface area (Å²) in [5.74, 6) is -0.137. The smallest absolute Gasteiger partial charge is 0.744 e. The molecule has 0 radical (unpaired) electrons. The SMILES string of the molecule is Nc1ccc(N=Nc2ccc(N=Nc3c(O)ccc4cc(S(=O)(=O)[O-])ccc34)c3ccccc23)cc1.[Na+]. The Bertz CT molecular complexity index is 1790. The first-order valence-electron chi connectivity index (χ1n) is 10.7. The van der Waals surface area contributed by atoms with E-state index in [-0.39, 0.29) is 45.9 Å². The second-order valence-electron chi connectivity index (χ2n) is 7.91. The molecular formula is C26H18N5NaO4S. The molecular weight excluding hydrogens is 501 g/mol. The Kier molecular flexibility index (Phi) is 7.67. The number of hydrogen-bond acceptors (Lipinski definition) is 9. The number of phenolic OH excluding ortho intramolecular Hbond substituents is 1. The van der Waals surface area contributed by atoms with Crippen molar-refractivity contribution in [3.05, 3.63) is 91.0 Å². The Balaban J connectivity index is 0.00000320. The average molecular weight is 520 g/mol. The molecule has 0 aliphatic carbocycles. The molecule has 5 rings (SSSR count). The summed E-state index contributed by atoms with van der Waals surface area (Å²) in [5.41, 5.74) is 8.34. The van der Waals surface area contributed by atoms with Crippen molar-refractivity contribution < 1.29 is 47.6 Å². The minimum Gasteiger partial charge on any atom is -0.744 e. The van der Waals surface area contributed by atoms with E-state index in [0.717, 1.165) is 10.8 Å². The van der Waals surface area contributed by atoms with Gasteiger partial charge in [0.2, 0.25) is 0 Å². The van der Waals surface area contributed by atoms with Crippen molar-refractivity contribution in [2.45, 2.75) is 4.90 Å². The third-order valence-electron chi connectivity index (χ3n) is 5.53. The average Bonchev–Trinajstić information content (AvgIpc) is 2.87. The molecule has 0 unspecified atom stereocenters. The van der Waals surface area contributed by atoms with Crippen LogP contribution in [0, 0.1) is 0 Å². The van der Waals surface area contributed by atoms with Gasteiger partial charge in [-0.15, -0.1) is 15.3 Å². The van der Waals surface area contributed by atoms with Crippen molar-refractivity contribution >= 4 is 60.1 Å². The van der Waals surface area contributed by atoms with Crippen LogP contribution in [-0.2, 0) is 10.1 Å². The number of benzene rings is 5. The van der Waals surface area contributed by atoms with E-state index in [0.29, 0.717) is 33.5 Å². The Hall–Kier alpha value is -3.67. The largest absolute Gasteiger partial charge is 1.00 e. The minimum absolute atomic E-state index is 0. The van der Waals surface area contributed by atoms with Crippen molar-refractivity contribution in [1.29, 1.82) is 0 Å². The Labute approximate surface area is 234 Å². The summed E-state index contributed by atoms with van der Waals surface area (Å²) in [7, 11) is -4.61. The predicted molar refractivity (Wildman–Crippen MR) is 137 cm³/mol. The van der Waals surface area contributed by atoms with Crippen LogP contribution in [-0.4, -0.2) is 18.1 Å². The molecule has 0 saturated carbocycles. The molecule has 0 heterocycles. The molecule has 0 aromatic heterocycles. The van der Waals surface area contributed by atoms with Gasteiger partial charge in [0.25, 0.3) is 0 Å². The number of nitrogen functional groups attached to an aromatic ring is 1. The van der Waals surface area contributed by atoms with E-state index in [9.17, 15) is 18.1 Å². The molecule has 9 nitrogen and oxygen atoms in total. The van der Waals surface area contributed by atoms with Gasteiger partial charge in [0.15, 0.2) is 0 Å². The fourth-order valence-corrected chi connectivity index (χ4v) is 4.24. The van der Waals surface area contributed by atoms with Gasteiger partial charge in [-0.3, -0.25) is 0 Å². The van der Waals surface area contributed by atoms with Crippen LogP contribution < -0.4 is 35.3 Å². The third-order valence-corrected chi connectivity index (χ3v) is 6.36. The normalized spacial score (nSPS) is 11.9. The molecule has 0 atom stereocenters. The van der Waals surface area contributed by atoms with Gasteiger partial charge in [0, 0.05) is 21.8 Å². The Morgan fingerprint density at radius 2 is 1.32 bits per heavy atom. The number of azo groups is 2. The first kappa shape index (κ1) is 26.4. The summed E-state index contributed by atoms with van der Waals surface area (Å²) in [4.78, 5) is -0.363. The van der Waals surface area contributed by atoms with E-state index in [1.165, 1.54) is 30.3 Å². The van der Waals surface area contributed by atoms with E-state index in [4.69, 9.17) is 5.73 Å². The van der Waals surface area contributed by atoms with Crippen LogP contribution in [0.15, 0.2) is 116 Å². The number of hydrogen-bond donors (Lipinski definition) is 2. The van der Waals surface area contributed by atoms with Crippen molar-refractivity contribution in [3.63, 3.8) is 0 Å². The monoisotopic (exact) mass is 519 g/mol. The number of anilines is 1. The molecule has 0 bridgehead atoms. The van der Waals surface area contributed by atoms with Crippen LogP contribution in [0.4, 0.5) is 28.4 Å². The maximum absolute atomic E-state index is 11.4. The van der Waals surface area contributed by atoms with Gasteiger partial charge in [-0.25, -0.2) is 8.42 Å². The molecule has 11 heteroatoms. The molecule has 0 amide bonds. The minimum atomic E-state index is -4.61. The molecule has 0 aliphatic heterocycles. The van der Waals surface area contributed by atoms with Crippen LogP contribution in [0.1, 0.15) is 0 Å². The van der Waals surface area contributed by atoms with Crippen LogP contribution >= 0.6 is 0 Å². The second-order valence-corrected chi connectivity index (χ2v) is 9.29. The molecule has 3 N–H and O–H groups in total. The van der Waals surface area contributed by atoms with E-state index in [2.05, 4.69) is 20.5 Å². The van der Waals surface area contributed by atoms with E-state index in [1.807, 2.05) is 24.3 Å². The summed E-state index contributed by atoms with van der Waals surface area (Å²) in [5, 5.41) is 30.1. The first-order valence-corrected chi connectivity index (χ1v) is 12.1. The van der Waals surface area contributed by atoms with Gasteiger partial charge in [0.1, 0.15) is 21.6 Å². The number of rotatable bonds is 5. The molecule has 0 spiro atoms. The molecule has 178 valence electrons. The quantitative estimate of drug-likeness (QED) is 0.155. The third kappa shape index (κ3) is 5.68. The van der Waals surface area contributed by atoms with Crippen LogP contribution in [0.3, 0.4) is 0 Å². The zero-order chi connectivity index (χ0) is 25.3. The Morgan fingerprint density at radius 1 is 0.703 bits per heavy atom. The molecule has 0 fully saturated rings. The van der Waals surface area contributed by atoms with Gasteiger partial charge in [0.05, 0.1) is 22.0 Å². The zero-order valence-electron chi connectivity index (χ0n) is 19.6. The maximum atomic E-state index is 11.4. The molecule has 5 aromatic carbocycles. The van der Waals surface area contributed by atoms with Gasteiger partial charge in [-0.1, -0.05) is 36.4 Å². The number of nitrogens with two attached hydrogens (primary N) is 1. The van der Waals surface area contributed by atoms with Crippen LogP contribution in [0.25, 0.3) is 21.5 Å². The Morgan fingerprint density at radius 3 is 1.95 bits per heavy atom. The van der Waals surface area contributed by atoms with Crippen molar-refractivity contribution in [2.24, 2.45) is 20.5 Å². The summed E-state index contributed by atoms with van der Waals surface area (Å²) in [6, 6.07) is 24.8. The zero-order valence-corrected chi connectivity index (χ0v) is 22.4. The van der Waals surface area contributed by atoms with E-state index < -0.39 is 10.1 Å². The van der Waals surface area contributed by atoms with Crippen molar-refractivity contribution in [1.82, 2.24) is 0 Å². The van der Waals surface area contributed by atoms with Gasteiger partial charge in [-0.2, -0.15) is 5.11 Å². The fraction of sp³-hybridized carbons (Fsp3) is 0. The van der Waals surface area contributed by atoms with E-state index in [1.54, 1.807) is 36.4 Å². The number of fused-ring (bicyclic) bond motifs is 2. The second kappa shape index (κ2) is 10.8.